The van der Waals surface area contributed by atoms with Gasteiger partial charge in [0, 0.05) is 20.2 Å². The van der Waals surface area contributed by atoms with Gasteiger partial charge in [0.1, 0.15) is 0 Å². The van der Waals surface area contributed by atoms with Crippen molar-refractivity contribution in [1.29, 1.82) is 0 Å². The van der Waals surface area contributed by atoms with E-state index in [9.17, 15) is 4.79 Å². The van der Waals surface area contributed by atoms with Gasteiger partial charge in [-0.2, -0.15) is 0 Å². The van der Waals surface area contributed by atoms with Crippen molar-refractivity contribution in [3.63, 3.8) is 0 Å². The minimum Gasteiger partial charge on any atom is -0.376 e. The molecule has 2 N–H and O–H groups in total. The number of amides is 1. The molecule has 0 radical (unpaired) electrons. The highest BCUT2D eigenvalue weighted by Gasteiger charge is 2.22. The summed E-state index contributed by atoms with van der Waals surface area (Å²) in [7, 11) is 1.81. The molecular formula is C11H23ClN2O2. The van der Waals surface area contributed by atoms with Crippen LogP contribution in [0.5, 0.6) is 0 Å². The Morgan fingerprint density at radius 2 is 2.31 bits per heavy atom. The van der Waals surface area contributed by atoms with Gasteiger partial charge in [-0.15, -0.1) is 12.4 Å². The molecule has 96 valence electrons. The number of carbonyl (C=O) groups excluding carboxylic acids is 1. The molecule has 16 heavy (non-hydrogen) atoms. The van der Waals surface area contributed by atoms with E-state index in [2.05, 4.69) is 0 Å². The van der Waals surface area contributed by atoms with Crippen LogP contribution in [0.3, 0.4) is 0 Å². The number of hydrogen-bond donors (Lipinski definition) is 1. The zero-order valence-corrected chi connectivity index (χ0v) is 11.0. The maximum atomic E-state index is 11.8. The smallest absolute Gasteiger partial charge is 0.239 e. The van der Waals surface area contributed by atoms with Gasteiger partial charge in [0.15, 0.2) is 0 Å². The first-order valence-corrected chi connectivity index (χ1v) is 5.77. The number of halogens is 1. The molecule has 4 nitrogen and oxygen atoms in total. The van der Waals surface area contributed by atoms with Crippen LogP contribution in [0.15, 0.2) is 0 Å². The Bertz CT molecular complexity index is 208. The zero-order chi connectivity index (χ0) is 11.3. The summed E-state index contributed by atoms with van der Waals surface area (Å²) in [6.45, 7) is 3.54. The van der Waals surface area contributed by atoms with Crippen LogP contribution in [0, 0.1) is 0 Å². The predicted molar refractivity (Wildman–Crippen MR) is 66.7 cm³/mol. The fourth-order valence-electron chi connectivity index (χ4n) is 1.90. The largest absolute Gasteiger partial charge is 0.376 e. The van der Waals surface area contributed by atoms with Crippen LogP contribution in [0.25, 0.3) is 0 Å². The average Bonchev–Trinajstić information content (AvgIpc) is 2.69. The number of hydrogen-bond acceptors (Lipinski definition) is 3. The van der Waals surface area contributed by atoms with Crippen LogP contribution in [0.1, 0.15) is 32.6 Å². The molecule has 2 unspecified atom stereocenters. The molecule has 1 rings (SSSR count). The van der Waals surface area contributed by atoms with Crippen molar-refractivity contribution in [2.24, 2.45) is 5.73 Å². The Hall–Kier alpha value is -0.320. The van der Waals surface area contributed by atoms with Crippen LogP contribution in [-0.4, -0.2) is 43.2 Å². The lowest BCUT2D eigenvalue weighted by molar-refractivity contribution is -0.132. The van der Waals surface area contributed by atoms with Gasteiger partial charge in [-0.05, 0) is 19.3 Å². The lowest BCUT2D eigenvalue weighted by atomic mass is 10.1. The third-order valence-electron chi connectivity index (χ3n) is 2.79. The third-order valence-corrected chi connectivity index (χ3v) is 2.79. The number of nitrogens with zero attached hydrogens (tertiary/aromatic N) is 1. The van der Waals surface area contributed by atoms with Crippen molar-refractivity contribution in [1.82, 2.24) is 4.90 Å². The molecule has 0 aliphatic carbocycles. The van der Waals surface area contributed by atoms with Gasteiger partial charge in [0.05, 0.1) is 12.1 Å². The van der Waals surface area contributed by atoms with E-state index in [1.807, 2.05) is 6.92 Å². The Labute approximate surface area is 104 Å². The summed E-state index contributed by atoms with van der Waals surface area (Å²) in [5.74, 6) is 0.0346. The Morgan fingerprint density at radius 3 is 2.81 bits per heavy atom. The summed E-state index contributed by atoms with van der Waals surface area (Å²) < 4.78 is 5.48. The van der Waals surface area contributed by atoms with E-state index < -0.39 is 0 Å². The number of carbonyl (C=O) groups is 1. The molecule has 1 saturated heterocycles. The van der Waals surface area contributed by atoms with Crippen LogP contribution >= 0.6 is 12.4 Å². The van der Waals surface area contributed by atoms with Crippen molar-refractivity contribution in [2.75, 3.05) is 20.2 Å². The van der Waals surface area contributed by atoms with Crippen LogP contribution in [0.2, 0.25) is 0 Å². The maximum Gasteiger partial charge on any atom is 0.239 e. The van der Waals surface area contributed by atoms with Gasteiger partial charge in [-0.3, -0.25) is 4.79 Å². The predicted octanol–water partition coefficient (Wildman–Crippen LogP) is 1.17. The quantitative estimate of drug-likeness (QED) is 0.797. The van der Waals surface area contributed by atoms with E-state index in [1.165, 1.54) is 0 Å². The molecule has 0 aromatic carbocycles. The third kappa shape index (κ3) is 4.68. The van der Waals surface area contributed by atoms with Crippen LogP contribution < -0.4 is 5.73 Å². The second kappa shape index (κ2) is 7.87. The topological polar surface area (TPSA) is 55.6 Å². The van der Waals surface area contributed by atoms with Gasteiger partial charge in [-0.1, -0.05) is 13.3 Å². The van der Waals surface area contributed by atoms with E-state index in [-0.39, 0.29) is 30.5 Å². The molecule has 2 atom stereocenters. The highest BCUT2D eigenvalue weighted by molar-refractivity contribution is 5.85. The van der Waals surface area contributed by atoms with E-state index in [0.717, 1.165) is 32.3 Å². The average molecular weight is 251 g/mol. The van der Waals surface area contributed by atoms with Gasteiger partial charge in [0.2, 0.25) is 5.91 Å². The summed E-state index contributed by atoms with van der Waals surface area (Å²) in [6, 6.07) is -0.346. The monoisotopic (exact) mass is 250 g/mol. The number of nitrogens with two attached hydrogens (primary N) is 1. The lowest BCUT2D eigenvalue weighted by Gasteiger charge is -2.23. The van der Waals surface area contributed by atoms with E-state index >= 15 is 0 Å². The number of likely N-dealkylation sites (N-methyl/N-ethyl adjacent to an activating group) is 1. The molecule has 1 fully saturated rings. The van der Waals surface area contributed by atoms with Crippen molar-refractivity contribution >= 4 is 18.3 Å². The molecule has 0 bridgehead atoms. The van der Waals surface area contributed by atoms with E-state index in [1.54, 1.807) is 11.9 Å². The lowest BCUT2D eigenvalue weighted by Crippen LogP contribution is -2.44. The molecule has 0 spiro atoms. The van der Waals surface area contributed by atoms with Crippen molar-refractivity contribution in [3.05, 3.63) is 0 Å². The van der Waals surface area contributed by atoms with Gasteiger partial charge < -0.3 is 15.4 Å². The fourth-order valence-corrected chi connectivity index (χ4v) is 1.90. The van der Waals surface area contributed by atoms with Crippen LogP contribution in [0.4, 0.5) is 0 Å². The fraction of sp³-hybridized carbons (Fsp3) is 0.909. The van der Waals surface area contributed by atoms with E-state index in [4.69, 9.17) is 10.5 Å². The first-order chi connectivity index (χ1) is 7.15. The summed E-state index contributed by atoms with van der Waals surface area (Å²) in [4.78, 5) is 13.5. The summed E-state index contributed by atoms with van der Waals surface area (Å²) in [5.41, 5.74) is 5.77. The second-order valence-corrected chi connectivity index (χ2v) is 4.25. The molecule has 5 heteroatoms. The molecule has 0 aromatic rings. The standard InChI is InChI=1S/C11H22N2O2.ClH/c1-3-5-10(12)11(14)13(2)8-9-6-4-7-15-9;/h9-10H,3-8,12H2,1-2H3;1H. The normalized spacial score (nSPS) is 21.3. The van der Waals surface area contributed by atoms with Crippen molar-refractivity contribution < 1.29 is 9.53 Å². The van der Waals surface area contributed by atoms with Gasteiger partial charge in [-0.25, -0.2) is 0 Å². The molecular weight excluding hydrogens is 228 g/mol. The molecule has 1 amide bonds. The van der Waals surface area contributed by atoms with E-state index in [0.29, 0.717) is 6.54 Å². The first-order valence-electron chi connectivity index (χ1n) is 5.77. The molecule has 0 aromatic heterocycles. The molecule has 1 heterocycles. The second-order valence-electron chi connectivity index (χ2n) is 4.25. The molecule has 1 aliphatic heterocycles. The summed E-state index contributed by atoms with van der Waals surface area (Å²) in [6.07, 6.45) is 4.08. The SMILES string of the molecule is CCCC(N)C(=O)N(C)CC1CCCO1.Cl. The first kappa shape index (κ1) is 15.7. The van der Waals surface area contributed by atoms with Crippen LogP contribution in [-0.2, 0) is 9.53 Å². The van der Waals surface area contributed by atoms with Gasteiger partial charge in [0.25, 0.3) is 0 Å². The number of ether oxygens (including phenoxy) is 1. The summed E-state index contributed by atoms with van der Waals surface area (Å²) in [5, 5.41) is 0. The highest BCUT2D eigenvalue weighted by atomic mass is 35.5. The minimum atomic E-state index is -0.346. The highest BCUT2D eigenvalue weighted by Crippen LogP contribution is 2.13. The zero-order valence-electron chi connectivity index (χ0n) is 10.1. The Balaban J connectivity index is 0.00000225. The minimum absolute atomic E-state index is 0. The molecule has 1 aliphatic rings. The Kier molecular flexibility index (Phi) is 7.72. The van der Waals surface area contributed by atoms with Crippen molar-refractivity contribution in [3.8, 4) is 0 Å². The van der Waals surface area contributed by atoms with Crippen molar-refractivity contribution in [2.45, 2.75) is 44.8 Å². The van der Waals surface area contributed by atoms with Gasteiger partial charge >= 0.3 is 0 Å². The summed E-state index contributed by atoms with van der Waals surface area (Å²) >= 11 is 0. The number of rotatable bonds is 5. The maximum absolute atomic E-state index is 11.8. The Morgan fingerprint density at radius 1 is 1.62 bits per heavy atom. The molecule has 0 saturated carbocycles.